The van der Waals surface area contributed by atoms with E-state index in [0.29, 0.717) is 5.56 Å². The van der Waals surface area contributed by atoms with Crippen molar-refractivity contribution in [2.45, 2.75) is 0 Å². The third-order valence-corrected chi connectivity index (χ3v) is 4.01. The summed E-state index contributed by atoms with van der Waals surface area (Å²) in [4.78, 5) is 19.6. The van der Waals surface area contributed by atoms with Crippen LogP contribution in [-0.4, -0.2) is 30.9 Å². The molecule has 0 spiro atoms. The molecule has 0 aliphatic heterocycles. The Hall–Kier alpha value is -4.20. The van der Waals surface area contributed by atoms with Gasteiger partial charge in [0.05, 0.1) is 0 Å². The van der Waals surface area contributed by atoms with E-state index in [-0.39, 0.29) is 17.4 Å². The van der Waals surface area contributed by atoms with Gasteiger partial charge in [-0.15, -0.1) is 0 Å². The Kier molecular flexibility index (Phi) is 4.43. The SMILES string of the molecule is NC(=O)Oc1c(O)nc(-n2cccn2)nc1-c1ccc(-c2ccccc2)cc1. The molecule has 2 aromatic carbocycles. The van der Waals surface area contributed by atoms with Crippen molar-refractivity contribution in [1.29, 1.82) is 0 Å². The van der Waals surface area contributed by atoms with Crippen LogP contribution in [0.5, 0.6) is 11.6 Å². The predicted octanol–water partition coefficient (Wildman–Crippen LogP) is 3.16. The van der Waals surface area contributed by atoms with Crippen molar-refractivity contribution in [3.05, 3.63) is 73.1 Å². The number of nitrogens with zero attached hydrogens (tertiary/aromatic N) is 4. The molecule has 2 aromatic heterocycles. The zero-order valence-corrected chi connectivity index (χ0v) is 14.6. The molecule has 4 aromatic rings. The summed E-state index contributed by atoms with van der Waals surface area (Å²) >= 11 is 0. The highest BCUT2D eigenvalue weighted by atomic mass is 16.6. The Morgan fingerprint density at radius 2 is 1.61 bits per heavy atom. The average molecular weight is 373 g/mol. The molecule has 8 heteroatoms. The van der Waals surface area contributed by atoms with Crippen molar-refractivity contribution in [3.8, 4) is 40.0 Å². The van der Waals surface area contributed by atoms with E-state index in [9.17, 15) is 9.90 Å². The number of hydrogen-bond acceptors (Lipinski definition) is 6. The highest BCUT2D eigenvalue weighted by Gasteiger charge is 2.20. The molecule has 0 aliphatic rings. The van der Waals surface area contributed by atoms with Crippen LogP contribution in [0.1, 0.15) is 0 Å². The highest BCUT2D eigenvalue weighted by molar-refractivity contribution is 5.77. The lowest BCUT2D eigenvalue weighted by atomic mass is 10.0. The van der Waals surface area contributed by atoms with Gasteiger partial charge in [-0.3, -0.25) is 0 Å². The second kappa shape index (κ2) is 7.20. The van der Waals surface area contributed by atoms with E-state index in [1.54, 1.807) is 18.5 Å². The smallest absolute Gasteiger partial charge is 0.410 e. The quantitative estimate of drug-likeness (QED) is 0.568. The monoisotopic (exact) mass is 373 g/mol. The summed E-state index contributed by atoms with van der Waals surface area (Å²) in [5, 5.41) is 14.3. The molecule has 0 radical (unpaired) electrons. The molecule has 2 heterocycles. The maximum atomic E-state index is 11.3. The van der Waals surface area contributed by atoms with Gasteiger partial charge in [-0.05, 0) is 17.2 Å². The van der Waals surface area contributed by atoms with E-state index >= 15 is 0 Å². The van der Waals surface area contributed by atoms with Crippen LogP contribution in [0, 0.1) is 0 Å². The van der Waals surface area contributed by atoms with E-state index in [2.05, 4.69) is 15.1 Å². The zero-order chi connectivity index (χ0) is 19.5. The zero-order valence-electron chi connectivity index (χ0n) is 14.6. The van der Waals surface area contributed by atoms with Gasteiger partial charge < -0.3 is 15.6 Å². The fraction of sp³-hybridized carbons (Fsp3) is 0. The molecule has 0 saturated heterocycles. The number of aromatic hydroxyl groups is 1. The molecule has 0 fully saturated rings. The Morgan fingerprint density at radius 1 is 0.929 bits per heavy atom. The van der Waals surface area contributed by atoms with Crippen molar-refractivity contribution in [1.82, 2.24) is 19.7 Å². The van der Waals surface area contributed by atoms with Gasteiger partial charge in [-0.1, -0.05) is 54.6 Å². The van der Waals surface area contributed by atoms with Crippen LogP contribution in [0.25, 0.3) is 28.3 Å². The lowest BCUT2D eigenvalue weighted by Gasteiger charge is -2.12. The molecule has 4 rings (SSSR count). The molecule has 0 unspecified atom stereocenters. The van der Waals surface area contributed by atoms with E-state index in [1.165, 1.54) is 4.68 Å². The molecule has 28 heavy (non-hydrogen) atoms. The Balaban J connectivity index is 1.81. The lowest BCUT2D eigenvalue weighted by Crippen LogP contribution is -2.18. The molecule has 0 bridgehead atoms. The van der Waals surface area contributed by atoms with Gasteiger partial charge in [0.15, 0.2) is 0 Å². The second-order valence-corrected chi connectivity index (χ2v) is 5.84. The van der Waals surface area contributed by atoms with Gasteiger partial charge >= 0.3 is 6.09 Å². The summed E-state index contributed by atoms with van der Waals surface area (Å²) < 4.78 is 6.34. The minimum absolute atomic E-state index is 0.126. The van der Waals surface area contributed by atoms with Gasteiger partial charge in [-0.2, -0.15) is 10.1 Å². The largest absolute Gasteiger partial charge is 0.490 e. The Morgan fingerprint density at radius 3 is 2.25 bits per heavy atom. The van der Waals surface area contributed by atoms with Crippen LogP contribution in [0.15, 0.2) is 73.1 Å². The first-order valence-corrected chi connectivity index (χ1v) is 8.36. The van der Waals surface area contributed by atoms with Crippen molar-refractivity contribution in [2.24, 2.45) is 5.73 Å². The number of rotatable bonds is 4. The molecule has 8 nitrogen and oxygen atoms in total. The van der Waals surface area contributed by atoms with Crippen molar-refractivity contribution in [3.63, 3.8) is 0 Å². The Labute approximate surface area is 159 Å². The summed E-state index contributed by atoms with van der Waals surface area (Å²) in [5.41, 5.74) is 8.03. The van der Waals surface area contributed by atoms with Crippen molar-refractivity contribution >= 4 is 6.09 Å². The molecule has 138 valence electrons. The fourth-order valence-electron chi connectivity index (χ4n) is 2.76. The number of carbonyl (C=O) groups is 1. The number of aromatic nitrogens is 4. The second-order valence-electron chi connectivity index (χ2n) is 5.84. The molecule has 0 aliphatic carbocycles. The van der Waals surface area contributed by atoms with Crippen LogP contribution in [-0.2, 0) is 0 Å². The summed E-state index contributed by atoms with van der Waals surface area (Å²) in [6, 6.07) is 19.0. The van der Waals surface area contributed by atoms with Gasteiger partial charge in [0.2, 0.25) is 5.75 Å². The number of amides is 1. The summed E-state index contributed by atoms with van der Waals surface area (Å²) in [6.45, 7) is 0. The number of primary amides is 1. The summed E-state index contributed by atoms with van der Waals surface area (Å²) in [7, 11) is 0. The van der Waals surface area contributed by atoms with Gasteiger partial charge in [0.25, 0.3) is 11.8 Å². The first kappa shape index (κ1) is 17.2. The molecular weight excluding hydrogens is 358 g/mol. The molecule has 0 atom stereocenters. The number of nitrogens with two attached hydrogens (primary N) is 1. The third kappa shape index (κ3) is 3.38. The third-order valence-electron chi connectivity index (χ3n) is 4.01. The number of benzene rings is 2. The van der Waals surface area contributed by atoms with Gasteiger partial charge in [0.1, 0.15) is 5.69 Å². The minimum Gasteiger partial charge on any atom is -0.490 e. The van der Waals surface area contributed by atoms with Crippen LogP contribution in [0.2, 0.25) is 0 Å². The van der Waals surface area contributed by atoms with Crippen LogP contribution in [0.4, 0.5) is 4.79 Å². The average Bonchev–Trinajstić information content (AvgIpc) is 3.25. The first-order valence-electron chi connectivity index (χ1n) is 8.36. The molecular formula is C20H15N5O3. The van der Waals surface area contributed by atoms with Crippen LogP contribution in [0.3, 0.4) is 0 Å². The normalized spacial score (nSPS) is 10.6. The molecule has 1 amide bonds. The number of hydrogen-bond donors (Lipinski definition) is 2. The standard InChI is InChI=1S/C20H15N5O3/c21-19(27)28-17-16(23-20(24-18(17)26)25-12-4-11-22-25)15-9-7-14(8-10-15)13-5-2-1-3-6-13/h1-12H,(H2,21,27)(H,23,24,26). The number of ether oxygens (including phenoxy) is 1. The number of carbonyl (C=O) groups excluding carboxylic acids is 1. The Bertz CT molecular complexity index is 1110. The van der Waals surface area contributed by atoms with E-state index in [1.807, 2.05) is 54.6 Å². The predicted molar refractivity (Wildman–Crippen MR) is 102 cm³/mol. The van der Waals surface area contributed by atoms with E-state index in [4.69, 9.17) is 10.5 Å². The molecule has 3 N–H and O–H groups in total. The van der Waals surface area contributed by atoms with Gasteiger partial charge in [-0.25, -0.2) is 14.5 Å². The topological polar surface area (TPSA) is 116 Å². The van der Waals surface area contributed by atoms with E-state index < -0.39 is 12.0 Å². The van der Waals surface area contributed by atoms with Crippen molar-refractivity contribution in [2.75, 3.05) is 0 Å². The van der Waals surface area contributed by atoms with Crippen molar-refractivity contribution < 1.29 is 14.6 Å². The maximum Gasteiger partial charge on any atom is 0.410 e. The summed E-state index contributed by atoms with van der Waals surface area (Å²) in [6.07, 6.45) is 2.11. The van der Waals surface area contributed by atoms with Crippen LogP contribution < -0.4 is 10.5 Å². The maximum absolute atomic E-state index is 11.3. The molecule has 0 saturated carbocycles. The van der Waals surface area contributed by atoms with E-state index in [0.717, 1.165) is 11.1 Å². The summed E-state index contributed by atoms with van der Waals surface area (Å²) in [5.74, 6) is -0.598. The van der Waals surface area contributed by atoms with Gasteiger partial charge in [0, 0.05) is 18.0 Å². The fourth-order valence-corrected chi connectivity index (χ4v) is 2.76. The minimum atomic E-state index is -1.08. The highest BCUT2D eigenvalue weighted by Crippen LogP contribution is 2.36. The van der Waals surface area contributed by atoms with Crippen LogP contribution >= 0.6 is 0 Å². The lowest BCUT2D eigenvalue weighted by molar-refractivity contribution is 0.208. The first-order chi connectivity index (χ1) is 13.6.